The fourth-order valence-corrected chi connectivity index (χ4v) is 2.81. The molecule has 0 spiro atoms. The van der Waals surface area contributed by atoms with E-state index in [9.17, 15) is 4.79 Å². The van der Waals surface area contributed by atoms with Gasteiger partial charge in [-0.15, -0.1) is 0 Å². The number of hydrogen-bond acceptors (Lipinski definition) is 3. The number of nitrogens with zero attached hydrogens (tertiary/aromatic N) is 2. The summed E-state index contributed by atoms with van der Waals surface area (Å²) in [5, 5.41) is 7.15. The van der Waals surface area contributed by atoms with Gasteiger partial charge in [-0.3, -0.25) is 4.79 Å². The van der Waals surface area contributed by atoms with E-state index >= 15 is 0 Å². The molecule has 0 fully saturated rings. The Labute approximate surface area is 146 Å². The Morgan fingerprint density at radius 2 is 2.12 bits per heavy atom. The van der Waals surface area contributed by atoms with Gasteiger partial charge < -0.3 is 5.32 Å². The minimum Gasteiger partial charge on any atom is -0.352 e. The van der Waals surface area contributed by atoms with E-state index in [0.717, 1.165) is 12.1 Å². The number of rotatable bonds is 5. The van der Waals surface area contributed by atoms with Crippen molar-refractivity contribution in [2.24, 2.45) is 5.92 Å². The molecule has 1 unspecified atom stereocenters. The molecule has 1 aliphatic rings. The smallest absolute Gasteiger partial charge is 0.252 e. The van der Waals surface area contributed by atoms with Crippen LogP contribution in [0.25, 0.3) is 5.69 Å². The number of thiocarbonyl (C=S) groups is 1. The van der Waals surface area contributed by atoms with Crippen LogP contribution in [-0.4, -0.2) is 27.1 Å². The molecule has 1 amide bonds. The third kappa shape index (κ3) is 3.68. The average Bonchev–Trinajstić information content (AvgIpc) is 3.12. The quantitative estimate of drug-likeness (QED) is 0.853. The van der Waals surface area contributed by atoms with Crippen molar-refractivity contribution in [3.05, 3.63) is 72.1 Å². The molecule has 4 nitrogen and oxygen atoms in total. The van der Waals surface area contributed by atoms with Gasteiger partial charge >= 0.3 is 0 Å². The SMILES string of the molecule is CC1C=CC=C(C(=O)NCCc2ccc(-n3cccn3)cc2)C1=S. The second-order valence-electron chi connectivity index (χ2n) is 5.74. The molecule has 122 valence electrons. The van der Waals surface area contributed by atoms with E-state index in [1.54, 1.807) is 12.3 Å². The molecule has 1 aromatic carbocycles. The monoisotopic (exact) mass is 337 g/mol. The first-order chi connectivity index (χ1) is 11.6. The average molecular weight is 337 g/mol. The topological polar surface area (TPSA) is 46.9 Å². The molecule has 1 heterocycles. The first-order valence-corrected chi connectivity index (χ1v) is 8.36. The Morgan fingerprint density at radius 3 is 2.83 bits per heavy atom. The van der Waals surface area contributed by atoms with E-state index in [2.05, 4.69) is 22.5 Å². The number of carbonyl (C=O) groups is 1. The molecule has 5 heteroatoms. The summed E-state index contributed by atoms with van der Waals surface area (Å²) in [5.41, 5.74) is 2.79. The molecule has 0 aliphatic heterocycles. The first kappa shape index (κ1) is 16.3. The van der Waals surface area contributed by atoms with Crippen LogP contribution < -0.4 is 5.32 Å². The molecule has 1 N–H and O–H groups in total. The summed E-state index contributed by atoms with van der Waals surface area (Å²) in [4.78, 5) is 12.9. The van der Waals surface area contributed by atoms with Crippen LogP contribution in [-0.2, 0) is 11.2 Å². The van der Waals surface area contributed by atoms with Crippen molar-refractivity contribution < 1.29 is 4.79 Å². The van der Waals surface area contributed by atoms with Crippen LogP contribution in [0.4, 0.5) is 0 Å². The second-order valence-corrected chi connectivity index (χ2v) is 6.18. The zero-order valence-corrected chi connectivity index (χ0v) is 14.3. The van der Waals surface area contributed by atoms with Gasteiger partial charge in [0.25, 0.3) is 5.91 Å². The van der Waals surface area contributed by atoms with Crippen molar-refractivity contribution in [2.45, 2.75) is 13.3 Å². The second kappa shape index (κ2) is 7.36. The molecule has 3 rings (SSSR count). The molecule has 24 heavy (non-hydrogen) atoms. The van der Waals surface area contributed by atoms with Crippen LogP contribution in [0.5, 0.6) is 0 Å². The number of nitrogens with one attached hydrogen (secondary N) is 1. The normalized spacial score (nSPS) is 16.8. The molecule has 1 atom stereocenters. The van der Waals surface area contributed by atoms with E-state index < -0.39 is 0 Å². The predicted molar refractivity (Wildman–Crippen MR) is 99.3 cm³/mol. The van der Waals surface area contributed by atoms with E-state index in [0.29, 0.717) is 17.0 Å². The van der Waals surface area contributed by atoms with Crippen LogP contribution >= 0.6 is 12.2 Å². The minimum atomic E-state index is -0.0932. The lowest BCUT2D eigenvalue weighted by molar-refractivity contribution is -0.116. The molecule has 0 saturated carbocycles. The van der Waals surface area contributed by atoms with Gasteiger partial charge in [-0.25, -0.2) is 4.68 Å². The van der Waals surface area contributed by atoms with E-state index in [-0.39, 0.29) is 11.8 Å². The van der Waals surface area contributed by atoms with Crippen LogP contribution in [0.2, 0.25) is 0 Å². The molecule has 1 aromatic heterocycles. The molecular formula is C19H19N3OS. The summed E-state index contributed by atoms with van der Waals surface area (Å²) < 4.78 is 1.82. The van der Waals surface area contributed by atoms with Crippen molar-refractivity contribution >= 4 is 23.0 Å². The first-order valence-electron chi connectivity index (χ1n) is 7.95. The maximum absolute atomic E-state index is 12.2. The number of benzene rings is 1. The highest BCUT2D eigenvalue weighted by atomic mass is 32.1. The fourth-order valence-electron chi connectivity index (χ4n) is 2.57. The summed E-state index contributed by atoms with van der Waals surface area (Å²) >= 11 is 5.33. The van der Waals surface area contributed by atoms with Crippen molar-refractivity contribution in [1.29, 1.82) is 0 Å². The number of carbonyl (C=O) groups excluding carboxylic acids is 1. The van der Waals surface area contributed by atoms with Gasteiger partial charge in [0.15, 0.2) is 0 Å². The van der Waals surface area contributed by atoms with Gasteiger partial charge in [0.1, 0.15) is 0 Å². The molecule has 0 bridgehead atoms. The van der Waals surface area contributed by atoms with Gasteiger partial charge in [-0.2, -0.15) is 5.10 Å². The maximum Gasteiger partial charge on any atom is 0.252 e. The predicted octanol–water partition coefficient (Wildman–Crippen LogP) is 3.03. The van der Waals surface area contributed by atoms with Crippen molar-refractivity contribution in [2.75, 3.05) is 6.54 Å². The Hall–Kier alpha value is -2.53. The lowest BCUT2D eigenvalue weighted by Gasteiger charge is -2.16. The molecule has 2 aromatic rings. The zero-order valence-electron chi connectivity index (χ0n) is 13.5. The van der Waals surface area contributed by atoms with Gasteiger partial charge in [-0.1, -0.05) is 43.4 Å². The Kier molecular flexibility index (Phi) is 5.01. The van der Waals surface area contributed by atoms with Crippen molar-refractivity contribution in [1.82, 2.24) is 15.1 Å². The van der Waals surface area contributed by atoms with Crippen LogP contribution in [0.3, 0.4) is 0 Å². The minimum absolute atomic E-state index is 0.0932. The lowest BCUT2D eigenvalue weighted by Crippen LogP contribution is -2.31. The number of hydrogen-bond donors (Lipinski definition) is 1. The molecule has 0 radical (unpaired) electrons. The van der Waals surface area contributed by atoms with Gasteiger partial charge in [0.2, 0.25) is 0 Å². The number of amides is 1. The van der Waals surface area contributed by atoms with Crippen LogP contribution in [0, 0.1) is 5.92 Å². The summed E-state index contributed by atoms with van der Waals surface area (Å²) in [6, 6.07) is 10.0. The van der Waals surface area contributed by atoms with Crippen molar-refractivity contribution in [3.8, 4) is 5.69 Å². The van der Waals surface area contributed by atoms with Crippen LogP contribution in [0.15, 0.2) is 66.5 Å². The third-order valence-electron chi connectivity index (χ3n) is 3.99. The van der Waals surface area contributed by atoms with E-state index in [1.807, 2.05) is 48.2 Å². The van der Waals surface area contributed by atoms with Gasteiger partial charge in [-0.05, 0) is 36.3 Å². The van der Waals surface area contributed by atoms with E-state index in [4.69, 9.17) is 12.2 Å². The highest BCUT2D eigenvalue weighted by Gasteiger charge is 2.19. The summed E-state index contributed by atoms with van der Waals surface area (Å²) in [7, 11) is 0. The highest BCUT2D eigenvalue weighted by molar-refractivity contribution is 7.81. The fraction of sp³-hybridized carbons (Fsp3) is 0.211. The molecule has 0 saturated heterocycles. The van der Waals surface area contributed by atoms with Crippen molar-refractivity contribution in [3.63, 3.8) is 0 Å². The maximum atomic E-state index is 12.2. The lowest BCUT2D eigenvalue weighted by atomic mass is 9.95. The third-order valence-corrected chi connectivity index (χ3v) is 4.58. The number of aromatic nitrogens is 2. The Morgan fingerprint density at radius 1 is 1.33 bits per heavy atom. The molecule has 1 aliphatic carbocycles. The summed E-state index contributed by atoms with van der Waals surface area (Å²) in [6.07, 6.45) is 10.1. The summed E-state index contributed by atoms with van der Waals surface area (Å²) in [6.45, 7) is 2.58. The highest BCUT2D eigenvalue weighted by Crippen LogP contribution is 2.16. The zero-order chi connectivity index (χ0) is 16.9. The van der Waals surface area contributed by atoms with Gasteiger partial charge in [0, 0.05) is 29.7 Å². The van der Waals surface area contributed by atoms with E-state index in [1.165, 1.54) is 5.56 Å². The standard InChI is InChI=1S/C19H19N3OS/c1-14-4-2-5-17(18(14)24)19(23)20-12-10-15-6-8-16(9-7-15)22-13-3-11-21-22/h2-9,11,13-14H,10,12H2,1H3,(H,20,23). The number of allylic oxidation sites excluding steroid dienone is 3. The Bertz CT molecular complexity index is 789. The largest absolute Gasteiger partial charge is 0.352 e. The van der Waals surface area contributed by atoms with Crippen LogP contribution in [0.1, 0.15) is 12.5 Å². The van der Waals surface area contributed by atoms with Gasteiger partial charge in [0.05, 0.1) is 11.3 Å². The molecular weight excluding hydrogens is 318 g/mol. The Balaban J connectivity index is 1.53. The summed E-state index contributed by atoms with van der Waals surface area (Å²) in [5.74, 6) is 0.0463.